The first kappa shape index (κ1) is 37.4. The van der Waals surface area contributed by atoms with Gasteiger partial charge in [0.25, 0.3) is 5.56 Å². The number of aliphatic hydroxyl groups is 1. The molecule has 4 rings (SSSR count). The van der Waals surface area contributed by atoms with Crippen molar-refractivity contribution in [2.24, 2.45) is 0 Å². The average Bonchev–Trinajstić information content (AvgIpc) is 3.04. The number of hydrogen-bond acceptors (Lipinski definition) is 7. The molecule has 0 radical (unpaired) electrons. The number of nitrogens with zero attached hydrogens (tertiary/aromatic N) is 2. The summed E-state index contributed by atoms with van der Waals surface area (Å²) in [6.07, 6.45) is 0.949. The normalized spacial score (nSPS) is 12.7. The van der Waals surface area contributed by atoms with Crippen molar-refractivity contribution in [2.45, 2.75) is 90.8 Å². The molecule has 2 heterocycles. The Morgan fingerprint density at radius 1 is 0.979 bits per heavy atom. The Kier molecular flexibility index (Phi) is 12.7. The number of fused-ring (bicyclic) bond motifs is 1. The van der Waals surface area contributed by atoms with E-state index < -0.39 is 25.9 Å². The van der Waals surface area contributed by atoms with Crippen LogP contribution in [0.25, 0.3) is 11.0 Å². The van der Waals surface area contributed by atoms with Gasteiger partial charge >= 0.3 is 5.97 Å². The van der Waals surface area contributed by atoms with Gasteiger partial charge in [0.05, 0.1) is 31.4 Å². The van der Waals surface area contributed by atoms with Crippen molar-refractivity contribution < 1.29 is 28.2 Å². The number of aliphatic hydroxyl groups excluding tert-OH is 1. The van der Waals surface area contributed by atoms with Crippen molar-refractivity contribution in [1.29, 1.82) is 0 Å². The second-order valence-electron chi connectivity index (χ2n) is 13.0. The molecule has 0 amide bonds. The number of esters is 1. The Balaban J connectivity index is 1.88. The molecule has 0 bridgehead atoms. The minimum atomic E-state index is -2.32. The maximum Gasteiger partial charge on any atom is 0.347 e. The number of benzene rings is 2. The third kappa shape index (κ3) is 8.07. The van der Waals surface area contributed by atoms with Gasteiger partial charge in [-0.2, -0.15) is 0 Å². The van der Waals surface area contributed by atoms with Gasteiger partial charge in [-0.05, 0) is 68.3 Å². The summed E-state index contributed by atoms with van der Waals surface area (Å²) in [5.41, 5.74) is 2.93. The molecule has 1 unspecified atom stereocenters. The van der Waals surface area contributed by atoms with E-state index in [1.54, 1.807) is 25.3 Å². The summed E-state index contributed by atoms with van der Waals surface area (Å²) < 4.78 is 33.8. The molecule has 48 heavy (non-hydrogen) atoms. The van der Waals surface area contributed by atoms with Gasteiger partial charge in [0.2, 0.25) is 0 Å². The lowest BCUT2D eigenvalue weighted by molar-refractivity contribution is 0.0516. The second kappa shape index (κ2) is 16.3. The van der Waals surface area contributed by atoms with Gasteiger partial charge in [-0.3, -0.25) is 9.78 Å². The van der Waals surface area contributed by atoms with E-state index in [1.165, 1.54) is 16.7 Å². The lowest BCUT2D eigenvalue weighted by Crippen LogP contribution is -2.49. The fraction of sp³-hybridized carbons (Fsp3) is 0.432. The highest BCUT2D eigenvalue weighted by Gasteiger charge is 2.45. The van der Waals surface area contributed by atoms with E-state index in [2.05, 4.69) is 57.5 Å². The molecule has 0 saturated heterocycles. The number of pyridine rings is 2. The van der Waals surface area contributed by atoms with Gasteiger partial charge in [-0.1, -0.05) is 84.0 Å². The smallest absolute Gasteiger partial charge is 0.347 e. The minimum Gasteiger partial charge on any atom is -0.485 e. The van der Waals surface area contributed by atoms with Crippen LogP contribution in [0.1, 0.15) is 75.5 Å². The van der Waals surface area contributed by atoms with E-state index in [1.807, 2.05) is 30.3 Å². The number of carbonyl (C=O) groups excluding carboxylic acids is 1. The molecule has 1 N–H and O–H groups in total. The van der Waals surface area contributed by atoms with Crippen LogP contribution < -0.4 is 10.3 Å². The highest BCUT2D eigenvalue weighted by molar-refractivity contribution is 9.10. The maximum absolute atomic E-state index is 14.4. The number of ether oxygens (including phenoxy) is 2. The minimum absolute atomic E-state index is 0.000766. The summed E-state index contributed by atoms with van der Waals surface area (Å²) in [5.74, 6) is -1.18. The third-order valence-electron chi connectivity index (χ3n) is 8.87. The van der Waals surface area contributed by atoms with Gasteiger partial charge in [0.1, 0.15) is 17.9 Å². The monoisotopic (exact) mass is 740 g/mol. The van der Waals surface area contributed by atoms with E-state index in [0.29, 0.717) is 33.0 Å². The molecule has 2 aromatic heterocycles. The van der Waals surface area contributed by atoms with Crippen molar-refractivity contribution in [3.63, 3.8) is 0 Å². The first-order valence-electron chi connectivity index (χ1n) is 16.5. The Morgan fingerprint density at radius 3 is 2.19 bits per heavy atom. The molecule has 0 aliphatic carbocycles. The molecular formula is C37H46BrFN2O6Si. The summed E-state index contributed by atoms with van der Waals surface area (Å²) in [6.45, 7) is 14.6. The van der Waals surface area contributed by atoms with Gasteiger partial charge in [-0.25, -0.2) is 9.18 Å². The molecule has 0 aliphatic rings. The molecule has 11 heteroatoms. The van der Waals surface area contributed by atoms with E-state index in [9.17, 15) is 19.1 Å². The molecule has 0 aliphatic heterocycles. The van der Waals surface area contributed by atoms with Crippen LogP contribution in [0.5, 0.6) is 5.75 Å². The second-order valence-corrected chi connectivity index (χ2v) is 19.2. The van der Waals surface area contributed by atoms with E-state index >= 15 is 0 Å². The van der Waals surface area contributed by atoms with E-state index in [4.69, 9.17) is 18.9 Å². The highest BCUT2D eigenvalue weighted by Crippen LogP contribution is 2.42. The molecular weight excluding hydrogens is 695 g/mol. The summed E-state index contributed by atoms with van der Waals surface area (Å²) in [7, 11) is -2.32. The molecule has 8 nitrogen and oxygen atoms in total. The summed E-state index contributed by atoms with van der Waals surface area (Å²) >= 11 is 3.73. The Bertz CT molecular complexity index is 1740. The van der Waals surface area contributed by atoms with Crippen LogP contribution in [-0.4, -0.2) is 48.3 Å². The summed E-state index contributed by atoms with van der Waals surface area (Å²) in [6, 6.07) is 15.5. The quantitative estimate of drug-likeness (QED) is 0.0969. The van der Waals surface area contributed by atoms with Crippen molar-refractivity contribution in [1.82, 2.24) is 9.55 Å². The maximum atomic E-state index is 14.4. The molecule has 0 saturated carbocycles. The van der Waals surface area contributed by atoms with Crippen LogP contribution in [0, 0.1) is 5.82 Å². The van der Waals surface area contributed by atoms with Crippen molar-refractivity contribution in [3.8, 4) is 5.75 Å². The Hall–Kier alpha value is -3.38. The zero-order chi connectivity index (χ0) is 35.2. The molecule has 0 spiro atoms. The molecule has 1 atom stereocenters. The van der Waals surface area contributed by atoms with Crippen LogP contribution >= 0.6 is 15.9 Å². The van der Waals surface area contributed by atoms with Crippen molar-refractivity contribution in [2.75, 3.05) is 13.2 Å². The number of carbonyl (C=O) groups is 1. The first-order chi connectivity index (χ1) is 22.8. The first-order valence-corrected chi connectivity index (χ1v) is 19.4. The SMILES string of the molecule is CCOC(=O)c1c(OCc2ccccc2)c2ncc(Cc3ccc(F)cc3)c(Br)c2n(CC(O)CO[Si](C(C)C)(C(C)C)C(C)C)c1=O. The molecule has 0 fully saturated rings. The fourth-order valence-corrected chi connectivity index (χ4v) is 12.9. The van der Waals surface area contributed by atoms with Crippen LogP contribution in [0.3, 0.4) is 0 Å². The van der Waals surface area contributed by atoms with Crippen LogP contribution in [0.15, 0.2) is 70.1 Å². The number of aromatic nitrogens is 2. The largest absolute Gasteiger partial charge is 0.485 e. The third-order valence-corrected chi connectivity index (χ3v) is 15.8. The van der Waals surface area contributed by atoms with Crippen molar-refractivity contribution >= 4 is 41.3 Å². The van der Waals surface area contributed by atoms with E-state index in [0.717, 1.165) is 16.7 Å². The van der Waals surface area contributed by atoms with Gasteiger partial charge in [-0.15, -0.1) is 0 Å². The highest BCUT2D eigenvalue weighted by atomic mass is 79.9. The zero-order valence-corrected chi connectivity index (χ0v) is 31.3. The van der Waals surface area contributed by atoms with Crippen LogP contribution in [0.4, 0.5) is 4.39 Å². The lowest BCUT2D eigenvalue weighted by Gasteiger charge is -2.42. The Morgan fingerprint density at radius 2 is 1.60 bits per heavy atom. The lowest BCUT2D eigenvalue weighted by atomic mass is 10.0. The molecule has 4 aromatic rings. The summed E-state index contributed by atoms with van der Waals surface area (Å²) in [4.78, 5) is 32.5. The number of hydrogen-bond donors (Lipinski definition) is 1. The standard InChI is InChI=1S/C37H46BrFN2O6Si/c1-8-45-37(44)31-35(46-21-27-12-10-9-11-13-27)33-34(32(38)28(19-40-33)18-26-14-16-29(39)17-15-26)41(36(31)43)20-30(42)22-47-48(23(2)3,24(4)5)25(6)7/h9-17,19,23-25,30,42H,8,18,20-22H2,1-7H3. The van der Waals surface area contributed by atoms with Gasteiger partial charge < -0.3 is 23.6 Å². The predicted molar refractivity (Wildman–Crippen MR) is 193 cm³/mol. The average molecular weight is 742 g/mol. The number of halogens is 2. The Labute approximate surface area is 291 Å². The van der Waals surface area contributed by atoms with E-state index in [-0.39, 0.29) is 49.0 Å². The fourth-order valence-electron chi connectivity index (χ4n) is 6.76. The topological polar surface area (TPSA) is 99.9 Å². The predicted octanol–water partition coefficient (Wildman–Crippen LogP) is 8.20. The zero-order valence-electron chi connectivity index (χ0n) is 28.8. The molecule has 2 aromatic carbocycles. The van der Waals surface area contributed by atoms with Crippen LogP contribution in [-0.2, 0) is 28.7 Å². The molecule has 258 valence electrons. The van der Waals surface area contributed by atoms with Crippen LogP contribution in [0.2, 0.25) is 16.6 Å². The summed E-state index contributed by atoms with van der Waals surface area (Å²) in [5, 5.41) is 11.5. The number of rotatable bonds is 15. The van der Waals surface area contributed by atoms with Gasteiger partial charge in [0.15, 0.2) is 19.6 Å². The van der Waals surface area contributed by atoms with Gasteiger partial charge in [0, 0.05) is 17.1 Å². The van der Waals surface area contributed by atoms with Crippen molar-refractivity contribution in [3.05, 3.63) is 104 Å².